The predicted octanol–water partition coefficient (Wildman–Crippen LogP) is 2.69. The van der Waals surface area contributed by atoms with Gasteiger partial charge in [0, 0.05) is 6.04 Å². The quantitative estimate of drug-likeness (QED) is 0.891. The lowest BCUT2D eigenvalue weighted by Gasteiger charge is -2.07. The molecule has 116 valence electrons. The van der Waals surface area contributed by atoms with Crippen LogP contribution < -0.4 is 10.1 Å². The maximum atomic E-state index is 11.7. The summed E-state index contributed by atoms with van der Waals surface area (Å²) in [6, 6.07) is 8.03. The molecule has 22 heavy (non-hydrogen) atoms. The number of hydrogen-bond donors (Lipinski definition) is 1. The maximum absolute atomic E-state index is 11.7. The number of carbonyl (C=O) groups excluding carboxylic acids is 1. The Balaban J connectivity index is 1.53. The van der Waals surface area contributed by atoms with Crippen molar-refractivity contribution >= 4 is 5.91 Å². The molecule has 0 bridgehead atoms. The third-order valence-electron chi connectivity index (χ3n) is 3.79. The molecule has 1 aromatic carbocycles. The van der Waals surface area contributed by atoms with Crippen LogP contribution in [0.25, 0.3) is 0 Å². The van der Waals surface area contributed by atoms with Crippen LogP contribution in [-0.4, -0.2) is 17.1 Å². The molecule has 0 aliphatic heterocycles. The fourth-order valence-electron chi connectivity index (χ4n) is 2.26. The summed E-state index contributed by atoms with van der Waals surface area (Å²) in [4.78, 5) is 11.7. The summed E-state index contributed by atoms with van der Waals surface area (Å²) in [5, 5.41) is 6.89. The highest BCUT2D eigenvalue weighted by Gasteiger charge is 2.23. The van der Waals surface area contributed by atoms with Gasteiger partial charge in [-0.3, -0.25) is 4.79 Å². The molecule has 3 rings (SSSR count). The van der Waals surface area contributed by atoms with Gasteiger partial charge in [-0.1, -0.05) is 17.3 Å². The van der Waals surface area contributed by atoms with Crippen molar-refractivity contribution in [2.45, 2.75) is 45.8 Å². The van der Waals surface area contributed by atoms with Gasteiger partial charge in [0.2, 0.25) is 5.91 Å². The van der Waals surface area contributed by atoms with Gasteiger partial charge in [-0.05, 0) is 44.4 Å². The monoisotopic (exact) mass is 300 g/mol. The van der Waals surface area contributed by atoms with Gasteiger partial charge in [0.1, 0.15) is 18.1 Å². The first kappa shape index (κ1) is 14.6. The van der Waals surface area contributed by atoms with Crippen molar-refractivity contribution in [3.8, 4) is 5.75 Å². The first-order valence-electron chi connectivity index (χ1n) is 7.54. The highest BCUT2D eigenvalue weighted by atomic mass is 16.5. The minimum absolute atomic E-state index is 0.0897. The molecule has 1 fully saturated rings. The average Bonchev–Trinajstić information content (AvgIpc) is 3.24. The number of rotatable bonds is 6. The van der Waals surface area contributed by atoms with Crippen molar-refractivity contribution in [2.75, 3.05) is 0 Å². The van der Waals surface area contributed by atoms with Crippen LogP contribution in [0.4, 0.5) is 0 Å². The Labute approximate surface area is 129 Å². The Morgan fingerprint density at radius 3 is 2.64 bits per heavy atom. The summed E-state index contributed by atoms with van der Waals surface area (Å²) < 4.78 is 10.9. The molecule has 0 spiro atoms. The van der Waals surface area contributed by atoms with E-state index >= 15 is 0 Å². The van der Waals surface area contributed by atoms with Crippen LogP contribution in [0.1, 0.15) is 35.4 Å². The van der Waals surface area contributed by atoms with Crippen molar-refractivity contribution in [3.63, 3.8) is 0 Å². The Bertz CT molecular complexity index is 638. The Morgan fingerprint density at radius 2 is 2.05 bits per heavy atom. The Kier molecular flexibility index (Phi) is 4.13. The summed E-state index contributed by atoms with van der Waals surface area (Å²) in [6.07, 6.45) is 2.64. The number of hydrogen-bond acceptors (Lipinski definition) is 4. The van der Waals surface area contributed by atoms with E-state index in [1.165, 1.54) is 0 Å². The summed E-state index contributed by atoms with van der Waals surface area (Å²) in [6.45, 7) is 4.21. The number of carbonyl (C=O) groups is 1. The van der Waals surface area contributed by atoms with Gasteiger partial charge in [0.15, 0.2) is 0 Å². The van der Waals surface area contributed by atoms with Crippen molar-refractivity contribution in [1.82, 2.24) is 10.5 Å². The van der Waals surface area contributed by atoms with E-state index in [0.717, 1.165) is 41.2 Å². The van der Waals surface area contributed by atoms with E-state index in [4.69, 9.17) is 9.26 Å². The second kappa shape index (κ2) is 6.22. The van der Waals surface area contributed by atoms with Crippen LogP contribution in [0.5, 0.6) is 5.75 Å². The van der Waals surface area contributed by atoms with Crippen LogP contribution in [0, 0.1) is 13.8 Å². The van der Waals surface area contributed by atoms with Gasteiger partial charge in [0.25, 0.3) is 0 Å². The van der Waals surface area contributed by atoms with Crippen molar-refractivity contribution in [3.05, 3.63) is 46.8 Å². The Morgan fingerprint density at radius 1 is 1.32 bits per heavy atom. The molecule has 5 heteroatoms. The zero-order valence-corrected chi connectivity index (χ0v) is 12.9. The summed E-state index contributed by atoms with van der Waals surface area (Å²) in [5.41, 5.74) is 2.82. The smallest absolute Gasteiger partial charge is 0.224 e. The molecule has 5 nitrogen and oxygen atoms in total. The first-order chi connectivity index (χ1) is 10.6. The van der Waals surface area contributed by atoms with Crippen LogP contribution in [0.3, 0.4) is 0 Å². The zero-order chi connectivity index (χ0) is 15.5. The van der Waals surface area contributed by atoms with E-state index in [-0.39, 0.29) is 5.91 Å². The Hall–Kier alpha value is -2.30. The van der Waals surface area contributed by atoms with E-state index in [9.17, 15) is 4.79 Å². The van der Waals surface area contributed by atoms with E-state index in [0.29, 0.717) is 19.1 Å². The largest absolute Gasteiger partial charge is 0.489 e. The van der Waals surface area contributed by atoms with E-state index in [1.54, 1.807) is 0 Å². The number of aryl methyl sites for hydroxylation is 2. The molecular formula is C17H20N2O3. The van der Waals surface area contributed by atoms with Gasteiger partial charge >= 0.3 is 0 Å². The van der Waals surface area contributed by atoms with Crippen molar-refractivity contribution in [2.24, 2.45) is 0 Å². The molecule has 1 heterocycles. The standard InChI is InChI=1S/C17H20N2O3/c1-11-16(12(2)22-19-11)10-21-15-7-3-13(4-8-15)9-17(20)18-14-5-6-14/h3-4,7-8,14H,5-6,9-10H2,1-2H3,(H,18,20). The molecule has 0 saturated heterocycles. The number of nitrogens with zero attached hydrogens (tertiary/aromatic N) is 1. The number of benzene rings is 1. The van der Waals surface area contributed by atoms with Gasteiger partial charge in [-0.25, -0.2) is 0 Å². The van der Waals surface area contributed by atoms with Gasteiger partial charge < -0.3 is 14.6 Å². The fourth-order valence-corrected chi connectivity index (χ4v) is 2.26. The third kappa shape index (κ3) is 3.67. The van der Waals surface area contributed by atoms with Crippen LogP contribution in [-0.2, 0) is 17.8 Å². The summed E-state index contributed by atoms with van der Waals surface area (Å²) in [7, 11) is 0. The lowest BCUT2D eigenvalue weighted by Crippen LogP contribution is -2.26. The molecule has 1 saturated carbocycles. The summed E-state index contributed by atoms with van der Waals surface area (Å²) >= 11 is 0. The summed E-state index contributed by atoms with van der Waals surface area (Å²) in [5.74, 6) is 1.64. The second-order valence-corrected chi connectivity index (χ2v) is 5.75. The van der Waals surface area contributed by atoms with Crippen LogP contribution in [0.15, 0.2) is 28.8 Å². The number of nitrogens with one attached hydrogen (secondary N) is 1. The fraction of sp³-hybridized carbons (Fsp3) is 0.412. The minimum atomic E-state index is 0.0897. The van der Waals surface area contributed by atoms with Gasteiger partial charge in [-0.15, -0.1) is 0 Å². The third-order valence-corrected chi connectivity index (χ3v) is 3.79. The molecule has 0 unspecified atom stereocenters. The number of amides is 1. The second-order valence-electron chi connectivity index (χ2n) is 5.75. The zero-order valence-electron chi connectivity index (χ0n) is 12.9. The van der Waals surface area contributed by atoms with E-state index in [1.807, 2.05) is 38.1 Å². The first-order valence-corrected chi connectivity index (χ1v) is 7.54. The lowest BCUT2D eigenvalue weighted by molar-refractivity contribution is -0.120. The lowest BCUT2D eigenvalue weighted by atomic mass is 10.1. The molecule has 1 N–H and O–H groups in total. The molecule has 1 aliphatic rings. The highest BCUT2D eigenvalue weighted by molar-refractivity contribution is 5.79. The van der Waals surface area contributed by atoms with Gasteiger partial charge in [0.05, 0.1) is 17.7 Å². The number of ether oxygens (including phenoxy) is 1. The maximum Gasteiger partial charge on any atom is 0.224 e. The van der Waals surface area contributed by atoms with Crippen LogP contribution >= 0.6 is 0 Å². The predicted molar refractivity (Wildman–Crippen MR) is 81.6 cm³/mol. The van der Waals surface area contributed by atoms with Crippen molar-refractivity contribution < 1.29 is 14.1 Å². The van der Waals surface area contributed by atoms with E-state index < -0.39 is 0 Å². The van der Waals surface area contributed by atoms with Crippen molar-refractivity contribution in [1.29, 1.82) is 0 Å². The van der Waals surface area contributed by atoms with E-state index in [2.05, 4.69) is 10.5 Å². The minimum Gasteiger partial charge on any atom is -0.489 e. The number of aromatic nitrogens is 1. The molecular weight excluding hydrogens is 280 g/mol. The molecule has 1 amide bonds. The normalized spacial score (nSPS) is 13.9. The van der Waals surface area contributed by atoms with Gasteiger partial charge in [-0.2, -0.15) is 0 Å². The van der Waals surface area contributed by atoms with Crippen LogP contribution in [0.2, 0.25) is 0 Å². The molecule has 0 atom stereocenters. The SMILES string of the molecule is Cc1noc(C)c1COc1ccc(CC(=O)NC2CC2)cc1. The molecule has 0 radical (unpaired) electrons. The molecule has 2 aromatic rings. The molecule has 1 aromatic heterocycles. The molecule has 1 aliphatic carbocycles. The average molecular weight is 300 g/mol. The highest BCUT2D eigenvalue weighted by Crippen LogP contribution is 2.20. The topological polar surface area (TPSA) is 64.4 Å².